The molecule has 6 rings (SSSR count). The third-order valence-corrected chi connectivity index (χ3v) is 7.83. The zero-order chi connectivity index (χ0) is 24.5. The molecule has 8 heteroatoms. The van der Waals surface area contributed by atoms with Gasteiger partial charge in [0.15, 0.2) is 0 Å². The molecular weight excluding hydrogens is 448 g/mol. The van der Waals surface area contributed by atoms with E-state index in [1.54, 1.807) is 4.90 Å². The third-order valence-electron chi connectivity index (χ3n) is 7.83. The Labute approximate surface area is 204 Å². The van der Waals surface area contributed by atoms with Crippen molar-refractivity contribution in [3.05, 3.63) is 71.3 Å². The first-order chi connectivity index (χ1) is 16.9. The summed E-state index contributed by atoms with van der Waals surface area (Å²) in [7, 11) is 0. The van der Waals surface area contributed by atoms with Gasteiger partial charge in [0.05, 0.1) is 18.4 Å². The molecule has 0 aromatic heterocycles. The highest BCUT2D eigenvalue weighted by Gasteiger charge is 2.49. The van der Waals surface area contributed by atoms with Crippen LogP contribution in [0.15, 0.2) is 54.6 Å². The number of carbonyl (C=O) groups excluding carboxylic acids is 1. The third kappa shape index (κ3) is 4.62. The Kier molecular flexibility index (Phi) is 6.47. The molecule has 4 aliphatic rings. The molecule has 0 spiro atoms. The van der Waals surface area contributed by atoms with Crippen molar-refractivity contribution in [1.29, 1.82) is 0 Å². The molecule has 0 aliphatic carbocycles. The fourth-order valence-corrected chi connectivity index (χ4v) is 6.20. The minimum Gasteiger partial charge on any atom is -0.481 e. The summed E-state index contributed by atoms with van der Waals surface area (Å²) in [5.74, 6) is -3.76. The Morgan fingerprint density at radius 2 is 1.71 bits per heavy atom. The predicted molar refractivity (Wildman–Crippen MR) is 127 cm³/mol. The second-order valence-electron chi connectivity index (χ2n) is 9.80. The number of carbonyl (C=O) groups is 3. The summed E-state index contributed by atoms with van der Waals surface area (Å²) in [5.41, 5.74) is 3.31. The lowest BCUT2D eigenvalue weighted by Crippen LogP contribution is -2.59. The number of aliphatic carboxylic acids is 2. The molecule has 8 nitrogen and oxygen atoms in total. The van der Waals surface area contributed by atoms with E-state index in [4.69, 9.17) is 4.74 Å². The van der Waals surface area contributed by atoms with Crippen LogP contribution in [-0.4, -0.2) is 70.3 Å². The van der Waals surface area contributed by atoms with Crippen LogP contribution in [0.1, 0.15) is 35.6 Å². The summed E-state index contributed by atoms with van der Waals surface area (Å²) in [6.07, 6.45) is 0.133. The number of piperidine rings is 3. The van der Waals surface area contributed by atoms with Crippen molar-refractivity contribution < 1.29 is 29.3 Å². The van der Waals surface area contributed by atoms with Crippen molar-refractivity contribution in [2.75, 3.05) is 26.2 Å². The average molecular weight is 479 g/mol. The van der Waals surface area contributed by atoms with Crippen LogP contribution in [0.25, 0.3) is 0 Å². The molecule has 2 aromatic rings. The fraction of sp³-hybridized carbons (Fsp3) is 0.444. The minimum atomic E-state index is -1.12. The van der Waals surface area contributed by atoms with Gasteiger partial charge in [0, 0.05) is 25.6 Å². The number of ether oxygens (including phenoxy) is 1. The predicted octanol–water partition coefficient (Wildman–Crippen LogP) is 3.27. The average Bonchev–Trinajstić information content (AvgIpc) is 2.87. The molecule has 2 N–H and O–H groups in total. The molecule has 4 heterocycles. The van der Waals surface area contributed by atoms with Gasteiger partial charge in [-0.25, -0.2) is 4.79 Å². The summed E-state index contributed by atoms with van der Waals surface area (Å²) < 4.78 is 6.10. The largest absolute Gasteiger partial charge is 0.481 e. The lowest BCUT2D eigenvalue weighted by atomic mass is 9.70. The molecule has 1 amide bonds. The normalized spacial score (nSPS) is 28.1. The Bertz CT molecular complexity index is 1110. The van der Waals surface area contributed by atoms with Gasteiger partial charge in [-0.05, 0) is 42.0 Å². The smallest absolute Gasteiger partial charge is 0.410 e. The van der Waals surface area contributed by atoms with Gasteiger partial charge in [-0.3, -0.25) is 19.4 Å². The number of rotatable bonds is 6. The molecular formula is C27H30N2O6. The van der Waals surface area contributed by atoms with E-state index in [1.807, 2.05) is 42.5 Å². The maximum absolute atomic E-state index is 13.6. The molecule has 3 fully saturated rings. The highest BCUT2D eigenvalue weighted by atomic mass is 16.6. The Morgan fingerprint density at radius 3 is 2.43 bits per heavy atom. The molecule has 6 atom stereocenters. The van der Waals surface area contributed by atoms with Crippen molar-refractivity contribution >= 4 is 18.0 Å². The Morgan fingerprint density at radius 1 is 0.971 bits per heavy atom. The fourth-order valence-electron chi connectivity index (χ4n) is 6.20. The molecule has 3 saturated heterocycles. The van der Waals surface area contributed by atoms with Crippen molar-refractivity contribution in [1.82, 2.24) is 9.80 Å². The van der Waals surface area contributed by atoms with Gasteiger partial charge in [-0.1, -0.05) is 54.6 Å². The van der Waals surface area contributed by atoms with Crippen LogP contribution >= 0.6 is 0 Å². The summed E-state index contributed by atoms with van der Waals surface area (Å²) in [4.78, 5) is 40.7. The highest BCUT2D eigenvalue weighted by Crippen LogP contribution is 2.41. The van der Waals surface area contributed by atoms with Gasteiger partial charge in [0.1, 0.15) is 6.10 Å². The second kappa shape index (κ2) is 9.70. The van der Waals surface area contributed by atoms with Crippen molar-refractivity contribution in [2.24, 2.45) is 17.8 Å². The molecule has 35 heavy (non-hydrogen) atoms. The summed E-state index contributed by atoms with van der Waals surface area (Å²) in [6.45, 7) is 2.40. The molecule has 0 saturated carbocycles. The monoisotopic (exact) mass is 478 g/mol. The number of benzene rings is 2. The van der Waals surface area contributed by atoms with Crippen LogP contribution in [-0.2, 0) is 20.7 Å². The Balaban J connectivity index is 1.38. The van der Waals surface area contributed by atoms with Crippen LogP contribution in [0.2, 0.25) is 0 Å². The van der Waals surface area contributed by atoms with Crippen molar-refractivity contribution in [3.8, 4) is 0 Å². The quantitative estimate of drug-likeness (QED) is 0.656. The van der Waals surface area contributed by atoms with E-state index in [1.165, 1.54) is 5.56 Å². The highest BCUT2D eigenvalue weighted by molar-refractivity contribution is 5.78. The maximum Gasteiger partial charge on any atom is 0.410 e. The van der Waals surface area contributed by atoms with Crippen molar-refractivity contribution in [3.63, 3.8) is 0 Å². The molecule has 2 bridgehead atoms. The Hall–Kier alpha value is -3.39. The van der Waals surface area contributed by atoms with Crippen LogP contribution in [0.4, 0.5) is 4.79 Å². The number of hydrogen-bond acceptors (Lipinski definition) is 5. The molecule has 184 valence electrons. The van der Waals surface area contributed by atoms with E-state index < -0.39 is 36.5 Å². The topological polar surface area (TPSA) is 107 Å². The number of fused-ring (bicyclic) bond motifs is 4. The summed E-state index contributed by atoms with van der Waals surface area (Å²) in [6, 6.07) is 17.8. The van der Waals surface area contributed by atoms with Gasteiger partial charge in [0.25, 0.3) is 0 Å². The zero-order valence-electron chi connectivity index (χ0n) is 19.5. The number of nitrogens with zero attached hydrogens (tertiary/aromatic N) is 2. The standard InChI is InChI=1S/C27H30N2O6/c30-24(31)14-21(26(32)33)22-15-28-12-11-20(22)23(16-28)35-27(34)29-13-10-17-6-4-5-9-19(17)25(29)18-7-2-1-3-8-18/h1-9,20-23,25H,10-16H2,(H,30,31)(H,32,33)/t20?,21?,22?,23-,25?/m0/s1. The van der Waals surface area contributed by atoms with Gasteiger partial charge in [-0.2, -0.15) is 0 Å². The molecule has 0 radical (unpaired) electrons. The van der Waals surface area contributed by atoms with E-state index >= 15 is 0 Å². The SMILES string of the molecule is O=C(O)CC(C(=O)O)C1CN2CCC1[C@@H](OC(=O)N1CCc3ccccc3C1c1ccccc1)C2. The number of carboxylic acid groups (broad SMARTS) is 2. The van der Waals surface area contributed by atoms with Gasteiger partial charge in [-0.15, -0.1) is 0 Å². The molecule has 5 unspecified atom stereocenters. The number of amides is 1. The first-order valence-corrected chi connectivity index (χ1v) is 12.2. The molecule has 2 aromatic carbocycles. The lowest BCUT2D eigenvalue weighted by molar-refractivity contribution is -0.157. The van der Waals surface area contributed by atoms with E-state index in [9.17, 15) is 24.6 Å². The number of carboxylic acids is 2. The first kappa shape index (κ1) is 23.4. The second-order valence-corrected chi connectivity index (χ2v) is 9.80. The summed E-state index contributed by atoms with van der Waals surface area (Å²) in [5, 5.41) is 19.0. The van der Waals surface area contributed by atoms with E-state index in [-0.39, 0.29) is 17.9 Å². The first-order valence-electron chi connectivity index (χ1n) is 12.2. The van der Waals surface area contributed by atoms with Gasteiger partial charge < -0.3 is 14.9 Å². The van der Waals surface area contributed by atoms with E-state index in [0.717, 1.165) is 24.1 Å². The lowest BCUT2D eigenvalue weighted by Gasteiger charge is -2.50. The van der Waals surface area contributed by atoms with Crippen LogP contribution < -0.4 is 0 Å². The molecule has 4 aliphatic heterocycles. The van der Waals surface area contributed by atoms with Crippen LogP contribution in [0.5, 0.6) is 0 Å². The van der Waals surface area contributed by atoms with Crippen molar-refractivity contribution in [2.45, 2.75) is 31.4 Å². The van der Waals surface area contributed by atoms with E-state index in [0.29, 0.717) is 26.1 Å². The maximum atomic E-state index is 13.6. The van der Waals surface area contributed by atoms with E-state index in [2.05, 4.69) is 17.0 Å². The minimum absolute atomic E-state index is 0.170. The summed E-state index contributed by atoms with van der Waals surface area (Å²) >= 11 is 0. The van der Waals surface area contributed by atoms with Gasteiger partial charge >= 0.3 is 18.0 Å². The van der Waals surface area contributed by atoms with Crippen LogP contribution in [0, 0.1) is 17.8 Å². The number of hydrogen-bond donors (Lipinski definition) is 2. The van der Waals surface area contributed by atoms with Gasteiger partial charge in [0.2, 0.25) is 0 Å². The zero-order valence-corrected chi connectivity index (χ0v) is 19.5. The van der Waals surface area contributed by atoms with Crippen LogP contribution in [0.3, 0.4) is 0 Å².